The van der Waals surface area contributed by atoms with Gasteiger partial charge in [-0.15, -0.1) is 0 Å². The molecule has 1 N–H and O–H groups in total. The third kappa shape index (κ3) is 5.50. The van der Waals surface area contributed by atoms with E-state index in [-0.39, 0.29) is 5.60 Å². The molecule has 0 aromatic heterocycles. The zero-order valence-corrected chi connectivity index (χ0v) is 10.8. The van der Waals surface area contributed by atoms with E-state index in [1.165, 1.54) is 0 Å². The Morgan fingerprint density at radius 3 is 2.31 bits per heavy atom. The minimum absolute atomic E-state index is 0.207. The van der Waals surface area contributed by atoms with Gasteiger partial charge in [-0.05, 0) is 38.5 Å². The molecule has 0 spiro atoms. The molecule has 90 valence electrons. The van der Waals surface area contributed by atoms with Crippen LogP contribution in [0.2, 0.25) is 5.02 Å². The number of rotatable bonds is 4. The van der Waals surface area contributed by atoms with Crippen LogP contribution in [0.5, 0.6) is 0 Å². The average molecular weight is 243 g/mol. The van der Waals surface area contributed by atoms with Crippen molar-refractivity contribution in [3.8, 4) is 0 Å². The van der Waals surface area contributed by atoms with Crippen LogP contribution in [0.15, 0.2) is 24.3 Å². The van der Waals surface area contributed by atoms with Crippen LogP contribution in [0, 0.1) is 0 Å². The van der Waals surface area contributed by atoms with Gasteiger partial charge in [0.05, 0.1) is 18.3 Å². The average Bonchev–Trinajstić information content (AvgIpc) is 2.18. The Kier molecular flexibility index (Phi) is 4.78. The normalized spacial score (nSPS) is 13.8. The second-order valence-corrected chi connectivity index (χ2v) is 5.34. The largest absolute Gasteiger partial charge is 0.390 e. The molecule has 0 amide bonds. The summed E-state index contributed by atoms with van der Waals surface area (Å²) in [6.45, 7) is 6.28. The fraction of sp³-hybridized carbons (Fsp3) is 0.538. The van der Waals surface area contributed by atoms with Gasteiger partial charge in [0, 0.05) is 11.4 Å². The molecule has 1 aromatic rings. The highest BCUT2D eigenvalue weighted by Gasteiger charge is 2.13. The Morgan fingerprint density at radius 2 is 1.81 bits per heavy atom. The molecule has 0 radical (unpaired) electrons. The molecule has 1 aromatic carbocycles. The van der Waals surface area contributed by atoms with Crippen LogP contribution in [-0.2, 0) is 11.2 Å². The molecule has 0 aliphatic carbocycles. The summed E-state index contributed by atoms with van der Waals surface area (Å²) in [4.78, 5) is 0. The first-order valence-corrected chi connectivity index (χ1v) is 5.81. The number of aliphatic hydroxyl groups is 1. The summed E-state index contributed by atoms with van der Waals surface area (Å²) in [7, 11) is 0. The quantitative estimate of drug-likeness (QED) is 0.880. The zero-order chi connectivity index (χ0) is 12.2. The summed E-state index contributed by atoms with van der Waals surface area (Å²) in [6.07, 6.45) is 0.119. The number of ether oxygens (including phenoxy) is 1. The van der Waals surface area contributed by atoms with E-state index < -0.39 is 6.10 Å². The highest BCUT2D eigenvalue weighted by Crippen LogP contribution is 2.12. The first-order valence-electron chi connectivity index (χ1n) is 5.43. The molecule has 2 nitrogen and oxygen atoms in total. The molecule has 3 heteroatoms. The maximum absolute atomic E-state index is 9.78. The van der Waals surface area contributed by atoms with Gasteiger partial charge in [-0.1, -0.05) is 23.7 Å². The SMILES string of the molecule is CC(C)(C)OCC(O)Cc1ccc(Cl)cc1. The molecule has 0 heterocycles. The number of halogens is 1. The van der Waals surface area contributed by atoms with Crippen molar-refractivity contribution in [1.82, 2.24) is 0 Å². The van der Waals surface area contributed by atoms with E-state index in [4.69, 9.17) is 16.3 Å². The van der Waals surface area contributed by atoms with Crippen molar-refractivity contribution in [2.45, 2.75) is 38.9 Å². The van der Waals surface area contributed by atoms with Crippen LogP contribution in [0.3, 0.4) is 0 Å². The van der Waals surface area contributed by atoms with Crippen LogP contribution in [-0.4, -0.2) is 23.4 Å². The topological polar surface area (TPSA) is 29.5 Å². The van der Waals surface area contributed by atoms with Crippen molar-refractivity contribution < 1.29 is 9.84 Å². The first-order chi connectivity index (χ1) is 7.37. The van der Waals surface area contributed by atoms with Gasteiger partial charge in [0.2, 0.25) is 0 Å². The smallest absolute Gasteiger partial charge is 0.0814 e. The number of benzene rings is 1. The summed E-state index contributed by atoms with van der Waals surface area (Å²) in [6, 6.07) is 7.49. The number of hydrogen-bond acceptors (Lipinski definition) is 2. The lowest BCUT2D eigenvalue weighted by molar-refractivity contribution is -0.0482. The molecule has 0 bridgehead atoms. The minimum atomic E-state index is -0.472. The summed E-state index contributed by atoms with van der Waals surface area (Å²) in [5.74, 6) is 0. The highest BCUT2D eigenvalue weighted by molar-refractivity contribution is 6.30. The van der Waals surface area contributed by atoms with Crippen molar-refractivity contribution in [1.29, 1.82) is 0 Å². The number of hydrogen-bond donors (Lipinski definition) is 1. The van der Waals surface area contributed by atoms with E-state index in [0.29, 0.717) is 18.1 Å². The Hall–Kier alpha value is -0.570. The summed E-state index contributed by atoms with van der Waals surface area (Å²) >= 11 is 5.78. The highest BCUT2D eigenvalue weighted by atomic mass is 35.5. The molecule has 1 unspecified atom stereocenters. The third-order valence-electron chi connectivity index (χ3n) is 2.09. The minimum Gasteiger partial charge on any atom is -0.390 e. The lowest BCUT2D eigenvalue weighted by Gasteiger charge is -2.22. The van der Waals surface area contributed by atoms with Crippen LogP contribution >= 0.6 is 11.6 Å². The van der Waals surface area contributed by atoms with Gasteiger partial charge in [-0.2, -0.15) is 0 Å². The van der Waals surface area contributed by atoms with Gasteiger partial charge >= 0.3 is 0 Å². The van der Waals surface area contributed by atoms with Crippen LogP contribution in [0.1, 0.15) is 26.3 Å². The number of aliphatic hydroxyl groups excluding tert-OH is 1. The van der Waals surface area contributed by atoms with Crippen molar-refractivity contribution in [3.63, 3.8) is 0 Å². The fourth-order valence-electron chi connectivity index (χ4n) is 1.30. The van der Waals surface area contributed by atoms with Gasteiger partial charge in [0.1, 0.15) is 0 Å². The second-order valence-electron chi connectivity index (χ2n) is 4.91. The van der Waals surface area contributed by atoms with Crippen molar-refractivity contribution in [2.24, 2.45) is 0 Å². The van der Waals surface area contributed by atoms with Crippen LogP contribution in [0.4, 0.5) is 0 Å². The molecule has 1 rings (SSSR count). The lowest BCUT2D eigenvalue weighted by atomic mass is 10.1. The second kappa shape index (κ2) is 5.67. The molecule has 0 aliphatic heterocycles. The van der Waals surface area contributed by atoms with E-state index in [1.807, 2.05) is 45.0 Å². The van der Waals surface area contributed by atoms with Crippen molar-refractivity contribution >= 4 is 11.6 Å². The van der Waals surface area contributed by atoms with Gasteiger partial charge in [0.25, 0.3) is 0 Å². The Labute approximate surface area is 102 Å². The maximum Gasteiger partial charge on any atom is 0.0814 e. The molecular weight excluding hydrogens is 224 g/mol. The molecule has 0 saturated carbocycles. The molecule has 16 heavy (non-hydrogen) atoms. The van der Waals surface area contributed by atoms with E-state index in [1.54, 1.807) is 0 Å². The van der Waals surface area contributed by atoms with Crippen LogP contribution < -0.4 is 0 Å². The fourth-order valence-corrected chi connectivity index (χ4v) is 1.42. The van der Waals surface area contributed by atoms with Crippen LogP contribution in [0.25, 0.3) is 0 Å². The van der Waals surface area contributed by atoms with E-state index >= 15 is 0 Å². The van der Waals surface area contributed by atoms with E-state index in [0.717, 1.165) is 5.56 Å². The molecule has 0 fully saturated rings. The summed E-state index contributed by atoms with van der Waals surface area (Å²) < 4.78 is 5.51. The van der Waals surface area contributed by atoms with Gasteiger partial charge < -0.3 is 9.84 Å². The van der Waals surface area contributed by atoms with Gasteiger partial charge in [-0.25, -0.2) is 0 Å². The summed E-state index contributed by atoms with van der Waals surface area (Å²) in [5, 5.41) is 10.5. The standard InChI is InChI=1S/C13H19ClO2/c1-13(2,3)16-9-12(15)8-10-4-6-11(14)7-5-10/h4-7,12,15H,8-9H2,1-3H3. The third-order valence-corrected chi connectivity index (χ3v) is 2.35. The molecule has 1 atom stereocenters. The molecule has 0 aliphatic rings. The Morgan fingerprint density at radius 1 is 1.25 bits per heavy atom. The predicted molar refractivity (Wildman–Crippen MR) is 66.9 cm³/mol. The Bertz CT molecular complexity index is 314. The van der Waals surface area contributed by atoms with E-state index in [2.05, 4.69) is 0 Å². The van der Waals surface area contributed by atoms with Crippen molar-refractivity contribution in [3.05, 3.63) is 34.9 Å². The van der Waals surface area contributed by atoms with Gasteiger partial charge in [-0.3, -0.25) is 0 Å². The lowest BCUT2D eigenvalue weighted by Crippen LogP contribution is -2.27. The Balaban J connectivity index is 2.39. The van der Waals surface area contributed by atoms with Gasteiger partial charge in [0.15, 0.2) is 0 Å². The molecular formula is C13H19ClO2. The maximum atomic E-state index is 9.78. The first kappa shape index (κ1) is 13.5. The van der Waals surface area contributed by atoms with E-state index in [9.17, 15) is 5.11 Å². The monoisotopic (exact) mass is 242 g/mol. The summed E-state index contributed by atoms with van der Waals surface area (Å²) in [5.41, 5.74) is 0.857. The zero-order valence-electron chi connectivity index (χ0n) is 10.0. The van der Waals surface area contributed by atoms with Crippen molar-refractivity contribution in [2.75, 3.05) is 6.61 Å². The predicted octanol–water partition coefficient (Wildman–Crippen LogP) is 3.06. The molecule has 0 saturated heterocycles.